The Balaban J connectivity index is 1.65. The van der Waals surface area contributed by atoms with Crippen LogP contribution in [0.3, 0.4) is 0 Å². The van der Waals surface area contributed by atoms with Crippen LogP contribution in [0.4, 0.5) is 0 Å². The van der Waals surface area contributed by atoms with Crippen LogP contribution >= 0.6 is 0 Å². The number of ether oxygens (including phenoxy) is 1. The van der Waals surface area contributed by atoms with Crippen LogP contribution in [0.2, 0.25) is 0 Å². The fraction of sp³-hybridized carbons (Fsp3) is 0.562. The summed E-state index contributed by atoms with van der Waals surface area (Å²) in [6, 6.07) is 8.79. The molecule has 0 radical (unpaired) electrons. The lowest BCUT2D eigenvalue weighted by Crippen LogP contribution is -2.13. The number of rotatable bonds is 4. The van der Waals surface area contributed by atoms with Gasteiger partial charge in [0.25, 0.3) is 0 Å². The van der Waals surface area contributed by atoms with Gasteiger partial charge in [-0.1, -0.05) is 6.07 Å². The van der Waals surface area contributed by atoms with Gasteiger partial charge in [0, 0.05) is 11.8 Å². The summed E-state index contributed by atoms with van der Waals surface area (Å²) in [4.78, 5) is 0. The van der Waals surface area contributed by atoms with Gasteiger partial charge < -0.3 is 4.74 Å². The Morgan fingerprint density at radius 2 is 1.94 bits per heavy atom. The number of fused-ring (bicyclic) bond motifs is 1. The number of hydrogen-bond donors (Lipinski definition) is 0. The summed E-state index contributed by atoms with van der Waals surface area (Å²) in [5.41, 5.74) is 3.13. The molecule has 0 atom stereocenters. The van der Waals surface area contributed by atoms with Gasteiger partial charge in [-0.05, 0) is 61.8 Å². The van der Waals surface area contributed by atoms with E-state index in [1.807, 2.05) is 0 Å². The maximum Gasteiger partial charge on any atom is 0.119 e. The van der Waals surface area contributed by atoms with E-state index in [2.05, 4.69) is 24.3 Å². The molecule has 3 rings (SSSR count). The number of nitriles is 1. The van der Waals surface area contributed by atoms with Crippen LogP contribution in [-0.4, -0.2) is 6.61 Å². The average molecular weight is 241 g/mol. The van der Waals surface area contributed by atoms with Gasteiger partial charge in [-0.25, -0.2) is 0 Å². The van der Waals surface area contributed by atoms with E-state index < -0.39 is 0 Å². The highest BCUT2D eigenvalue weighted by Gasteiger charge is 2.43. The van der Waals surface area contributed by atoms with E-state index in [0.717, 1.165) is 18.6 Å². The van der Waals surface area contributed by atoms with Gasteiger partial charge in [0.05, 0.1) is 12.7 Å². The lowest BCUT2D eigenvalue weighted by molar-refractivity contribution is 0.236. The Morgan fingerprint density at radius 1 is 1.17 bits per heavy atom. The summed E-state index contributed by atoms with van der Waals surface area (Å²) >= 11 is 0. The first-order valence-corrected chi connectivity index (χ1v) is 6.93. The summed E-state index contributed by atoms with van der Waals surface area (Å²) in [5.74, 6) is 0.986. The van der Waals surface area contributed by atoms with Gasteiger partial charge in [-0.3, -0.25) is 0 Å². The number of benzene rings is 1. The summed E-state index contributed by atoms with van der Waals surface area (Å²) in [6.45, 7) is 0.708. The Bertz CT molecular complexity index is 482. The third-order valence-corrected chi connectivity index (χ3v) is 4.28. The van der Waals surface area contributed by atoms with Crippen LogP contribution in [0.1, 0.15) is 43.2 Å². The van der Waals surface area contributed by atoms with Crippen LogP contribution in [0, 0.1) is 16.7 Å². The Morgan fingerprint density at radius 3 is 2.67 bits per heavy atom. The molecule has 0 unspecified atom stereocenters. The highest BCUT2D eigenvalue weighted by atomic mass is 16.5. The average Bonchev–Trinajstić information content (AvgIpc) is 3.17. The van der Waals surface area contributed by atoms with Crippen LogP contribution < -0.4 is 4.74 Å². The molecule has 0 heterocycles. The zero-order valence-corrected chi connectivity index (χ0v) is 10.7. The van der Waals surface area contributed by atoms with Gasteiger partial charge in [-0.2, -0.15) is 5.26 Å². The molecule has 1 aromatic carbocycles. The third-order valence-electron chi connectivity index (χ3n) is 4.28. The van der Waals surface area contributed by atoms with Crippen molar-refractivity contribution in [3.05, 3.63) is 29.3 Å². The lowest BCUT2D eigenvalue weighted by Gasteiger charge is -2.18. The lowest BCUT2D eigenvalue weighted by atomic mass is 9.92. The summed E-state index contributed by atoms with van der Waals surface area (Å²) in [7, 11) is 0. The molecule has 1 aromatic rings. The number of aryl methyl sites for hydroxylation is 2. The van der Waals surface area contributed by atoms with Crippen molar-refractivity contribution in [1.82, 2.24) is 0 Å². The Kier molecular flexibility index (Phi) is 2.99. The standard InChI is InChI=1S/C16H19NO/c17-10-9-16(7-8-16)12-18-15-6-5-13-3-1-2-4-14(13)11-15/h5-6,11H,1-4,7-9,12H2. The second-order valence-electron chi connectivity index (χ2n) is 5.76. The highest BCUT2D eigenvalue weighted by molar-refractivity contribution is 5.37. The van der Waals surface area contributed by atoms with E-state index >= 15 is 0 Å². The predicted molar refractivity (Wildman–Crippen MR) is 70.5 cm³/mol. The van der Waals surface area contributed by atoms with Crippen molar-refractivity contribution in [2.45, 2.75) is 44.9 Å². The van der Waals surface area contributed by atoms with Crippen molar-refractivity contribution in [3.63, 3.8) is 0 Å². The molecule has 94 valence electrons. The first kappa shape index (κ1) is 11.6. The van der Waals surface area contributed by atoms with Crippen molar-refractivity contribution >= 4 is 0 Å². The van der Waals surface area contributed by atoms with E-state index in [1.165, 1.54) is 36.8 Å². The molecule has 2 heteroatoms. The minimum atomic E-state index is 0.171. The van der Waals surface area contributed by atoms with E-state index in [-0.39, 0.29) is 5.41 Å². The van der Waals surface area contributed by atoms with Crippen LogP contribution in [-0.2, 0) is 12.8 Å². The topological polar surface area (TPSA) is 33.0 Å². The Hall–Kier alpha value is -1.49. The molecular weight excluding hydrogens is 222 g/mol. The van der Waals surface area contributed by atoms with Gasteiger partial charge in [-0.15, -0.1) is 0 Å². The molecule has 2 aliphatic rings. The van der Waals surface area contributed by atoms with E-state index in [4.69, 9.17) is 10.00 Å². The zero-order valence-electron chi connectivity index (χ0n) is 10.7. The monoisotopic (exact) mass is 241 g/mol. The predicted octanol–water partition coefficient (Wildman–Crippen LogP) is 3.64. The van der Waals surface area contributed by atoms with Gasteiger partial charge in [0.1, 0.15) is 5.75 Å². The zero-order chi connectivity index (χ0) is 12.4. The van der Waals surface area contributed by atoms with E-state index in [0.29, 0.717) is 13.0 Å². The molecule has 1 saturated carbocycles. The molecule has 0 saturated heterocycles. The van der Waals surface area contributed by atoms with Gasteiger partial charge in [0.15, 0.2) is 0 Å². The van der Waals surface area contributed by atoms with Gasteiger partial charge in [0.2, 0.25) is 0 Å². The van der Waals surface area contributed by atoms with E-state index in [1.54, 1.807) is 0 Å². The van der Waals surface area contributed by atoms with Crippen molar-refractivity contribution in [2.24, 2.45) is 5.41 Å². The van der Waals surface area contributed by atoms with Gasteiger partial charge >= 0.3 is 0 Å². The van der Waals surface area contributed by atoms with Crippen LogP contribution in [0.25, 0.3) is 0 Å². The number of hydrogen-bond acceptors (Lipinski definition) is 2. The largest absolute Gasteiger partial charge is 0.493 e. The molecule has 0 bridgehead atoms. The molecule has 0 aromatic heterocycles. The maximum atomic E-state index is 8.79. The molecule has 0 N–H and O–H groups in total. The first-order chi connectivity index (χ1) is 8.81. The summed E-state index contributed by atoms with van der Waals surface area (Å²) < 4.78 is 5.90. The fourth-order valence-corrected chi connectivity index (χ4v) is 2.75. The van der Waals surface area contributed by atoms with Crippen molar-refractivity contribution in [1.29, 1.82) is 5.26 Å². The van der Waals surface area contributed by atoms with Crippen LogP contribution in [0.15, 0.2) is 18.2 Å². The third kappa shape index (κ3) is 2.36. The smallest absolute Gasteiger partial charge is 0.119 e. The second kappa shape index (κ2) is 4.65. The quantitative estimate of drug-likeness (QED) is 0.806. The minimum Gasteiger partial charge on any atom is -0.493 e. The molecule has 0 amide bonds. The van der Waals surface area contributed by atoms with E-state index in [9.17, 15) is 0 Å². The molecular formula is C16H19NO. The first-order valence-electron chi connectivity index (χ1n) is 6.93. The molecule has 1 fully saturated rings. The molecule has 2 nitrogen and oxygen atoms in total. The second-order valence-corrected chi connectivity index (χ2v) is 5.76. The molecule has 0 spiro atoms. The van der Waals surface area contributed by atoms with Crippen molar-refractivity contribution < 1.29 is 4.74 Å². The molecule has 18 heavy (non-hydrogen) atoms. The summed E-state index contributed by atoms with van der Waals surface area (Å²) in [6.07, 6.45) is 7.95. The summed E-state index contributed by atoms with van der Waals surface area (Å²) in [5, 5.41) is 8.79. The molecule has 0 aliphatic heterocycles. The number of nitrogens with zero attached hydrogens (tertiary/aromatic N) is 1. The highest BCUT2D eigenvalue weighted by Crippen LogP contribution is 2.48. The Labute approximate surface area is 109 Å². The van der Waals surface area contributed by atoms with Crippen molar-refractivity contribution in [3.8, 4) is 11.8 Å². The maximum absolute atomic E-state index is 8.79. The van der Waals surface area contributed by atoms with Crippen LogP contribution in [0.5, 0.6) is 5.75 Å². The normalized spacial score (nSPS) is 19.7. The minimum absolute atomic E-state index is 0.171. The SMILES string of the molecule is N#CCC1(COc2ccc3c(c2)CCCC3)CC1. The van der Waals surface area contributed by atoms with Crippen molar-refractivity contribution in [2.75, 3.05) is 6.61 Å². The molecule has 2 aliphatic carbocycles. The fourth-order valence-electron chi connectivity index (χ4n) is 2.75.